The first-order valence-corrected chi connectivity index (χ1v) is 6.60. The fraction of sp³-hybridized carbons (Fsp3) is 0.923. The highest BCUT2D eigenvalue weighted by Gasteiger charge is 2.53. The van der Waals surface area contributed by atoms with Gasteiger partial charge in [-0.1, -0.05) is 0 Å². The summed E-state index contributed by atoms with van der Waals surface area (Å²) in [7, 11) is 1.89. The molecule has 2 amide bonds. The molecular weight excluding hydrogens is 214 g/mol. The first-order valence-electron chi connectivity index (χ1n) is 6.60. The number of likely N-dealkylation sites (tertiary alicyclic amines) is 2. The minimum Gasteiger partial charge on any atom is -0.325 e. The number of carbonyl (C=O) groups excluding carboxylic acids is 1. The molecule has 2 aliphatic heterocycles. The summed E-state index contributed by atoms with van der Waals surface area (Å²) in [5.74, 6) is 0. The number of carbonyl (C=O) groups is 1. The Kier molecular flexibility index (Phi) is 3.10. The van der Waals surface area contributed by atoms with Crippen LogP contribution in [-0.4, -0.2) is 66.0 Å². The zero-order valence-corrected chi connectivity index (χ0v) is 11.7. The van der Waals surface area contributed by atoms with Gasteiger partial charge in [-0.3, -0.25) is 4.90 Å². The molecule has 0 aromatic heterocycles. The molecule has 0 radical (unpaired) electrons. The highest BCUT2D eigenvalue weighted by Crippen LogP contribution is 2.40. The van der Waals surface area contributed by atoms with Crippen molar-refractivity contribution in [1.82, 2.24) is 14.7 Å². The van der Waals surface area contributed by atoms with Crippen LogP contribution in [0.5, 0.6) is 0 Å². The van der Waals surface area contributed by atoms with Gasteiger partial charge in [-0.25, -0.2) is 4.79 Å². The van der Waals surface area contributed by atoms with Gasteiger partial charge in [-0.05, 0) is 27.7 Å². The molecule has 0 aromatic rings. The second-order valence-corrected chi connectivity index (χ2v) is 6.34. The van der Waals surface area contributed by atoms with Crippen LogP contribution in [0.1, 0.15) is 27.7 Å². The lowest BCUT2D eigenvalue weighted by molar-refractivity contribution is -0.110. The minimum atomic E-state index is 0.189. The molecule has 0 saturated carbocycles. The Balaban J connectivity index is 1.79. The fourth-order valence-corrected chi connectivity index (χ4v) is 2.72. The topological polar surface area (TPSA) is 26.8 Å². The van der Waals surface area contributed by atoms with E-state index < -0.39 is 0 Å². The SMILES string of the molecule is CC(C)N1CC2(CN(C(=O)N(C)C(C)C)C2)C1. The average Bonchev–Trinajstić information content (AvgIpc) is 2.10. The van der Waals surface area contributed by atoms with Gasteiger partial charge in [-0.15, -0.1) is 0 Å². The third-order valence-corrected chi connectivity index (χ3v) is 4.21. The number of nitrogens with zero attached hydrogens (tertiary/aromatic N) is 3. The highest BCUT2D eigenvalue weighted by molar-refractivity contribution is 5.75. The molecule has 2 aliphatic rings. The molecule has 0 aromatic carbocycles. The lowest BCUT2D eigenvalue weighted by atomic mass is 9.72. The van der Waals surface area contributed by atoms with Gasteiger partial charge in [0.05, 0.1) is 0 Å². The number of urea groups is 1. The monoisotopic (exact) mass is 239 g/mol. The maximum absolute atomic E-state index is 12.0. The summed E-state index contributed by atoms with van der Waals surface area (Å²) in [4.78, 5) is 18.3. The Morgan fingerprint density at radius 3 is 2.06 bits per heavy atom. The predicted octanol–water partition coefficient (Wildman–Crippen LogP) is 1.47. The smallest absolute Gasteiger partial charge is 0.320 e. The zero-order valence-electron chi connectivity index (χ0n) is 11.7. The van der Waals surface area contributed by atoms with Gasteiger partial charge in [0.15, 0.2) is 0 Å². The van der Waals surface area contributed by atoms with Crippen LogP contribution in [0.25, 0.3) is 0 Å². The predicted molar refractivity (Wildman–Crippen MR) is 69.0 cm³/mol. The lowest BCUT2D eigenvalue weighted by Gasteiger charge is -2.61. The highest BCUT2D eigenvalue weighted by atomic mass is 16.2. The van der Waals surface area contributed by atoms with Gasteiger partial charge >= 0.3 is 6.03 Å². The normalized spacial score (nSPS) is 22.9. The quantitative estimate of drug-likeness (QED) is 0.729. The van der Waals surface area contributed by atoms with Crippen molar-refractivity contribution in [3.05, 3.63) is 0 Å². The van der Waals surface area contributed by atoms with E-state index in [0.717, 1.165) is 13.1 Å². The molecule has 2 rings (SSSR count). The van der Waals surface area contributed by atoms with E-state index in [1.54, 1.807) is 0 Å². The number of amides is 2. The van der Waals surface area contributed by atoms with Crippen LogP contribution in [0, 0.1) is 5.41 Å². The Morgan fingerprint density at radius 1 is 1.12 bits per heavy atom. The van der Waals surface area contributed by atoms with Gasteiger partial charge in [-0.2, -0.15) is 0 Å². The summed E-state index contributed by atoms with van der Waals surface area (Å²) >= 11 is 0. The van der Waals surface area contributed by atoms with Crippen molar-refractivity contribution in [2.24, 2.45) is 5.41 Å². The van der Waals surface area contributed by atoms with E-state index in [0.29, 0.717) is 11.5 Å². The zero-order chi connectivity index (χ0) is 12.8. The number of hydrogen-bond donors (Lipinski definition) is 0. The van der Waals surface area contributed by atoms with Gasteiger partial charge in [0.2, 0.25) is 0 Å². The average molecular weight is 239 g/mol. The van der Waals surface area contributed by atoms with Crippen molar-refractivity contribution >= 4 is 6.03 Å². The summed E-state index contributed by atoms with van der Waals surface area (Å²) in [6.07, 6.45) is 0. The number of rotatable bonds is 2. The molecule has 0 atom stereocenters. The van der Waals surface area contributed by atoms with Crippen molar-refractivity contribution in [2.45, 2.75) is 39.8 Å². The molecule has 4 heteroatoms. The maximum Gasteiger partial charge on any atom is 0.320 e. The summed E-state index contributed by atoms with van der Waals surface area (Å²) in [5, 5.41) is 0. The van der Waals surface area contributed by atoms with E-state index >= 15 is 0 Å². The molecule has 4 nitrogen and oxygen atoms in total. The first kappa shape index (κ1) is 12.7. The summed E-state index contributed by atoms with van der Waals surface area (Å²) in [6, 6.07) is 1.12. The van der Waals surface area contributed by atoms with Gasteiger partial charge in [0, 0.05) is 50.7 Å². The standard InChI is InChI=1S/C13H25N3O/c1-10(2)14(5)12(17)16-8-13(9-16)6-15(7-13)11(3)4/h10-11H,6-9H2,1-5H3. The molecule has 2 fully saturated rings. The molecular formula is C13H25N3O. The van der Waals surface area contributed by atoms with Crippen LogP contribution < -0.4 is 0 Å². The van der Waals surface area contributed by atoms with Crippen LogP contribution in [0.3, 0.4) is 0 Å². The molecule has 2 saturated heterocycles. The number of hydrogen-bond acceptors (Lipinski definition) is 2. The van der Waals surface area contributed by atoms with Gasteiger partial charge in [0.1, 0.15) is 0 Å². The Labute approximate surface area is 105 Å². The van der Waals surface area contributed by atoms with Crippen LogP contribution in [0.2, 0.25) is 0 Å². The van der Waals surface area contributed by atoms with Gasteiger partial charge < -0.3 is 9.80 Å². The Bertz CT molecular complexity index is 300. The molecule has 98 valence electrons. The molecule has 0 N–H and O–H groups in total. The summed E-state index contributed by atoms with van der Waals surface area (Å²) in [5.41, 5.74) is 0.428. The second kappa shape index (κ2) is 4.16. The molecule has 0 bridgehead atoms. The first-order chi connectivity index (χ1) is 7.84. The third kappa shape index (κ3) is 2.15. The molecule has 2 heterocycles. The van der Waals surface area contributed by atoms with Crippen molar-refractivity contribution < 1.29 is 4.79 Å². The van der Waals surface area contributed by atoms with E-state index in [1.165, 1.54) is 13.1 Å². The minimum absolute atomic E-state index is 0.189. The third-order valence-electron chi connectivity index (χ3n) is 4.21. The van der Waals surface area contributed by atoms with E-state index in [1.807, 2.05) is 16.8 Å². The van der Waals surface area contributed by atoms with Crippen molar-refractivity contribution in [3.8, 4) is 0 Å². The maximum atomic E-state index is 12.0. The lowest BCUT2D eigenvalue weighted by Crippen LogP contribution is -2.74. The Morgan fingerprint density at radius 2 is 1.65 bits per heavy atom. The van der Waals surface area contributed by atoms with Crippen LogP contribution in [0.4, 0.5) is 4.79 Å². The summed E-state index contributed by atoms with van der Waals surface area (Å²) < 4.78 is 0. The van der Waals surface area contributed by atoms with E-state index in [4.69, 9.17) is 0 Å². The van der Waals surface area contributed by atoms with E-state index in [9.17, 15) is 4.79 Å². The fourth-order valence-electron chi connectivity index (χ4n) is 2.72. The van der Waals surface area contributed by atoms with Crippen LogP contribution >= 0.6 is 0 Å². The van der Waals surface area contributed by atoms with Gasteiger partial charge in [0.25, 0.3) is 0 Å². The Hall–Kier alpha value is -0.770. The molecule has 0 aliphatic carbocycles. The van der Waals surface area contributed by atoms with E-state index in [-0.39, 0.29) is 12.1 Å². The van der Waals surface area contributed by atoms with Crippen molar-refractivity contribution in [2.75, 3.05) is 33.2 Å². The van der Waals surface area contributed by atoms with Crippen LogP contribution in [0.15, 0.2) is 0 Å². The van der Waals surface area contributed by atoms with Crippen molar-refractivity contribution in [1.29, 1.82) is 0 Å². The summed E-state index contributed by atoms with van der Waals surface area (Å²) in [6.45, 7) is 12.8. The molecule has 1 spiro atoms. The largest absolute Gasteiger partial charge is 0.325 e. The van der Waals surface area contributed by atoms with E-state index in [2.05, 4.69) is 32.6 Å². The second-order valence-electron chi connectivity index (χ2n) is 6.34. The van der Waals surface area contributed by atoms with Crippen LogP contribution in [-0.2, 0) is 0 Å². The van der Waals surface area contributed by atoms with Crippen molar-refractivity contribution in [3.63, 3.8) is 0 Å². The molecule has 0 unspecified atom stereocenters. The molecule has 17 heavy (non-hydrogen) atoms.